The molecule has 1 amide bonds. The number of carbonyl (C=O) groups is 1. The van der Waals surface area contributed by atoms with Crippen LogP contribution in [0.2, 0.25) is 0 Å². The van der Waals surface area contributed by atoms with Gasteiger partial charge in [0.2, 0.25) is 5.82 Å². The van der Waals surface area contributed by atoms with E-state index in [0.29, 0.717) is 11.5 Å². The van der Waals surface area contributed by atoms with Crippen LogP contribution in [0, 0.1) is 6.92 Å². The predicted molar refractivity (Wildman–Crippen MR) is 61.8 cm³/mol. The fourth-order valence-corrected chi connectivity index (χ4v) is 1.31. The molecule has 0 saturated carbocycles. The number of aromatic nitrogens is 2. The van der Waals surface area contributed by atoms with Crippen LogP contribution >= 0.6 is 0 Å². The van der Waals surface area contributed by atoms with E-state index in [9.17, 15) is 4.79 Å². The highest BCUT2D eigenvalue weighted by molar-refractivity contribution is 5.88. The number of nitrogens with zero attached hydrogens (tertiary/aromatic N) is 2. The minimum atomic E-state index is -0.660. The van der Waals surface area contributed by atoms with Crippen molar-refractivity contribution in [3.63, 3.8) is 0 Å². The second-order valence-electron chi connectivity index (χ2n) is 3.53. The van der Waals surface area contributed by atoms with Gasteiger partial charge in [-0.15, -0.1) is 0 Å². The zero-order chi connectivity index (χ0) is 12.3. The molecule has 0 saturated heterocycles. The van der Waals surface area contributed by atoms with Gasteiger partial charge in [-0.3, -0.25) is 4.79 Å². The zero-order valence-electron chi connectivity index (χ0n) is 9.25. The maximum atomic E-state index is 10.8. The minimum Gasteiger partial charge on any atom is -0.454 e. The number of amides is 1. The van der Waals surface area contributed by atoms with Gasteiger partial charge in [0.05, 0.1) is 12.4 Å². The average molecular weight is 229 g/mol. The maximum Gasteiger partial charge on any atom is 0.286 e. The van der Waals surface area contributed by atoms with Crippen molar-refractivity contribution in [3.05, 3.63) is 48.0 Å². The summed E-state index contributed by atoms with van der Waals surface area (Å²) in [4.78, 5) is 18.3. The van der Waals surface area contributed by atoms with Crippen molar-refractivity contribution in [1.29, 1.82) is 0 Å². The first kappa shape index (κ1) is 11.1. The first-order chi connectivity index (χ1) is 8.15. The van der Waals surface area contributed by atoms with Gasteiger partial charge in [0.15, 0.2) is 5.75 Å². The van der Waals surface area contributed by atoms with Gasteiger partial charge in [-0.1, -0.05) is 12.1 Å². The molecule has 0 spiro atoms. The molecule has 1 aromatic carbocycles. The lowest BCUT2D eigenvalue weighted by molar-refractivity contribution is 0.0990. The van der Waals surface area contributed by atoms with Crippen LogP contribution in [0.4, 0.5) is 0 Å². The lowest BCUT2D eigenvalue weighted by Crippen LogP contribution is -2.14. The van der Waals surface area contributed by atoms with Crippen molar-refractivity contribution in [3.8, 4) is 11.5 Å². The SMILES string of the molecule is Cc1cccc(Oc2cnc(C(N)=O)nc2)c1. The van der Waals surface area contributed by atoms with Gasteiger partial charge in [0, 0.05) is 0 Å². The molecule has 0 bridgehead atoms. The summed E-state index contributed by atoms with van der Waals surface area (Å²) in [7, 11) is 0. The number of hydrogen-bond donors (Lipinski definition) is 1. The first-order valence-corrected chi connectivity index (χ1v) is 5.01. The quantitative estimate of drug-likeness (QED) is 0.868. The van der Waals surface area contributed by atoms with Crippen molar-refractivity contribution >= 4 is 5.91 Å². The largest absolute Gasteiger partial charge is 0.454 e. The van der Waals surface area contributed by atoms with Crippen molar-refractivity contribution < 1.29 is 9.53 Å². The van der Waals surface area contributed by atoms with Gasteiger partial charge >= 0.3 is 0 Å². The Labute approximate surface area is 98.3 Å². The Morgan fingerprint density at radius 3 is 2.53 bits per heavy atom. The van der Waals surface area contributed by atoms with E-state index in [1.165, 1.54) is 12.4 Å². The zero-order valence-corrected chi connectivity index (χ0v) is 9.25. The summed E-state index contributed by atoms with van der Waals surface area (Å²) in [5.74, 6) is 0.467. The number of hydrogen-bond acceptors (Lipinski definition) is 4. The molecule has 0 unspecified atom stereocenters. The molecule has 2 aromatic rings. The van der Waals surface area contributed by atoms with Crippen LogP contribution in [0.3, 0.4) is 0 Å². The molecule has 0 aliphatic rings. The molecule has 0 atom stereocenters. The first-order valence-electron chi connectivity index (χ1n) is 5.01. The van der Waals surface area contributed by atoms with E-state index in [2.05, 4.69) is 9.97 Å². The highest BCUT2D eigenvalue weighted by atomic mass is 16.5. The van der Waals surface area contributed by atoms with Crippen LogP contribution in [0.5, 0.6) is 11.5 Å². The molecule has 0 fully saturated rings. The van der Waals surface area contributed by atoms with Crippen LogP contribution in [0.15, 0.2) is 36.7 Å². The van der Waals surface area contributed by atoms with Gasteiger partial charge in [-0.2, -0.15) is 0 Å². The fourth-order valence-electron chi connectivity index (χ4n) is 1.31. The topological polar surface area (TPSA) is 78.1 Å². The molecule has 17 heavy (non-hydrogen) atoms. The predicted octanol–water partition coefficient (Wildman–Crippen LogP) is 1.68. The average Bonchev–Trinajstić information content (AvgIpc) is 2.29. The number of ether oxygens (including phenoxy) is 1. The Kier molecular flexibility index (Phi) is 3.00. The minimum absolute atomic E-state index is 0.0263. The molecule has 2 N–H and O–H groups in total. The second kappa shape index (κ2) is 4.61. The highest BCUT2D eigenvalue weighted by Crippen LogP contribution is 2.20. The van der Waals surface area contributed by atoms with E-state index in [0.717, 1.165) is 5.56 Å². The number of rotatable bonds is 3. The standard InChI is InChI=1S/C12H11N3O2/c1-8-3-2-4-9(5-8)17-10-6-14-12(11(13)16)15-7-10/h2-7H,1H3,(H2,13,16). The summed E-state index contributed by atoms with van der Waals surface area (Å²) >= 11 is 0. The monoisotopic (exact) mass is 229 g/mol. The summed E-state index contributed by atoms with van der Waals surface area (Å²) < 4.78 is 5.52. The van der Waals surface area contributed by atoms with E-state index in [4.69, 9.17) is 10.5 Å². The number of primary amides is 1. The smallest absolute Gasteiger partial charge is 0.286 e. The summed E-state index contributed by atoms with van der Waals surface area (Å²) in [5, 5.41) is 0. The molecule has 5 heteroatoms. The van der Waals surface area contributed by atoms with E-state index in [1.54, 1.807) is 0 Å². The van der Waals surface area contributed by atoms with Crippen molar-refractivity contribution in [2.45, 2.75) is 6.92 Å². The number of nitrogens with two attached hydrogens (primary N) is 1. The van der Waals surface area contributed by atoms with Crippen molar-refractivity contribution in [1.82, 2.24) is 9.97 Å². The van der Waals surface area contributed by atoms with Gasteiger partial charge < -0.3 is 10.5 Å². The molecule has 0 aliphatic heterocycles. The van der Waals surface area contributed by atoms with Crippen molar-refractivity contribution in [2.75, 3.05) is 0 Å². The lowest BCUT2D eigenvalue weighted by atomic mass is 10.2. The van der Waals surface area contributed by atoms with Crippen LogP contribution in [-0.4, -0.2) is 15.9 Å². The van der Waals surface area contributed by atoms with Crippen LogP contribution in [-0.2, 0) is 0 Å². The highest BCUT2D eigenvalue weighted by Gasteiger charge is 2.04. The van der Waals surface area contributed by atoms with Crippen LogP contribution in [0.25, 0.3) is 0 Å². The van der Waals surface area contributed by atoms with E-state index in [1.807, 2.05) is 31.2 Å². The Bertz CT molecular complexity index is 538. The van der Waals surface area contributed by atoms with E-state index >= 15 is 0 Å². The Morgan fingerprint density at radius 2 is 1.94 bits per heavy atom. The molecule has 1 heterocycles. The van der Waals surface area contributed by atoms with Gasteiger partial charge in [0.25, 0.3) is 5.91 Å². The molecule has 0 aliphatic carbocycles. The summed E-state index contributed by atoms with van der Waals surface area (Å²) in [6, 6.07) is 7.58. The Balaban J connectivity index is 2.16. The number of aryl methyl sites for hydroxylation is 1. The number of benzene rings is 1. The van der Waals surface area contributed by atoms with Gasteiger partial charge in [0.1, 0.15) is 5.75 Å². The normalized spacial score (nSPS) is 9.94. The number of carbonyl (C=O) groups excluding carboxylic acids is 1. The summed E-state index contributed by atoms with van der Waals surface area (Å²) in [6.45, 7) is 1.97. The Morgan fingerprint density at radius 1 is 1.24 bits per heavy atom. The van der Waals surface area contributed by atoms with Crippen LogP contribution < -0.4 is 10.5 Å². The van der Waals surface area contributed by atoms with Gasteiger partial charge in [-0.05, 0) is 24.6 Å². The molecular weight excluding hydrogens is 218 g/mol. The van der Waals surface area contributed by atoms with E-state index in [-0.39, 0.29) is 5.82 Å². The fraction of sp³-hybridized carbons (Fsp3) is 0.0833. The third-order valence-electron chi connectivity index (χ3n) is 2.07. The summed E-state index contributed by atoms with van der Waals surface area (Å²) in [5.41, 5.74) is 6.13. The third-order valence-corrected chi connectivity index (χ3v) is 2.07. The Hall–Kier alpha value is -2.43. The molecule has 1 aromatic heterocycles. The molecule has 2 rings (SSSR count). The molecule has 5 nitrogen and oxygen atoms in total. The molecule has 86 valence electrons. The van der Waals surface area contributed by atoms with Crippen LogP contribution in [0.1, 0.15) is 16.2 Å². The molecular formula is C12H11N3O2. The third kappa shape index (κ3) is 2.78. The maximum absolute atomic E-state index is 10.8. The molecule has 0 radical (unpaired) electrons. The van der Waals surface area contributed by atoms with Crippen molar-refractivity contribution in [2.24, 2.45) is 5.73 Å². The van der Waals surface area contributed by atoms with Gasteiger partial charge in [-0.25, -0.2) is 9.97 Å². The lowest BCUT2D eigenvalue weighted by Gasteiger charge is -2.05. The summed E-state index contributed by atoms with van der Waals surface area (Å²) in [6.07, 6.45) is 2.82. The van der Waals surface area contributed by atoms with E-state index < -0.39 is 5.91 Å². The second-order valence-corrected chi connectivity index (χ2v) is 3.53.